The van der Waals surface area contributed by atoms with Crippen molar-refractivity contribution >= 4 is 59.8 Å². The van der Waals surface area contributed by atoms with E-state index < -0.39 is 0 Å². The second-order valence-corrected chi connectivity index (χ2v) is 13.3. The van der Waals surface area contributed by atoms with Gasteiger partial charge in [0.05, 0.1) is 0 Å². The summed E-state index contributed by atoms with van der Waals surface area (Å²) in [6.07, 6.45) is 5.72. The van der Waals surface area contributed by atoms with E-state index in [9.17, 15) is 0 Å². The van der Waals surface area contributed by atoms with Gasteiger partial charge in [0, 0.05) is 16.2 Å². The Bertz CT molecular complexity index is 2520. The molecule has 8 aromatic rings. The van der Waals surface area contributed by atoms with E-state index in [1.165, 1.54) is 82.1 Å². The van der Waals surface area contributed by atoms with Crippen LogP contribution in [0, 0.1) is 0 Å². The third-order valence-corrected chi connectivity index (χ3v) is 10.4. The first-order valence-corrected chi connectivity index (χ1v) is 16.2. The summed E-state index contributed by atoms with van der Waals surface area (Å²) in [6, 6.07) is 46.2. The topological polar surface area (TPSA) is 13.1 Å². The van der Waals surface area contributed by atoms with Crippen molar-refractivity contribution in [3.63, 3.8) is 0 Å². The molecular weight excluding hydrogens is 556 g/mol. The summed E-state index contributed by atoms with van der Waals surface area (Å²) in [7, 11) is 0. The number of hydrogen-bond donors (Lipinski definition) is 0. The van der Waals surface area contributed by atoms with Crippen molar-refractivity contribution in [2.24, 2.45) is 0 Å². The Hall–Kier alpha value is -5.40. The molecule has 0 radical (unpaired) electrons. The second kappa shape index (κ2) is 10.1. The fourth-order valence-corrected chi connectivity index (χ4v) is 8.02. The average molecular weight is 591 g/mol. The molecule has 0 saturated heterocycles. The number of rotatable bonds is 3. The number of benzene rings is 7. The van der Waals surface area contributed by atoms with Crippen LogP contribution in [-0.2, 0) is 11.8 Å². The number of hydrogen-bond acceptors (Lipinski definition) is 1. The SMILES string of the molecule is C/C(=C\C=C1/Cc2cc3ccc4oc5ccccc5c4c3cc2C1(C)C)c1c2ccccc2c(-c2ccccc2)c2ccccc12. The smallest absolute Gasteiger partial charge is 0.136 e. The van der Waals surface area contributed by atoms with Crippen LogP contribution in [0.2, 0.25) is 0 Å². The summed E-state index contributed by atoms with van der Waals surface area (Å²) in [5.74, 6) is 0. The van der Waals surface area contributed by atoms with E-state index in [0.717, 1.165) is 17.6 Å². The third-order valence-electron chi connectivity index (χ3n) is 10.4. The van der Waals surface area contributed by atoms with Crippen molar-refractivity contribution in [2.45, 2.75) is 32.6 Å². The number of allylic oxidation sites excluding steroid dienone is 4. The first kappa shape index (κ1) is 27.0. The van der Waals surface area contributed by atoms with Crippen LogP contribution < -0.4 is 0 Å². The summed E-state index contributed by atoms with van der Waals surface area (Å²) in [4.78, 5) is 0. The lowest BCUT2D eigenvalue weighted by Gasteiger charge is -2.22. The summed E-state index contributed by atoms with van der Waals surface area (Å²) in [5, 5.41) is 10.1. The van der Waals surface area contributed by atoms with Gasteiger partial charge < -0.3 is 4.42 Å². The summed E-state index contributed by atoms with van der Waals surface area (Å²) in [6.45, 7) is 7.04. The predicted molar refractivity (Wildman–Crippen MR) is 197 cm³/mol. The standard InChI is InChI=1S/C45H34O/c1-28(42-33-15-7-9-17-35(33)43(29-13-5-4-6-14-29)36-18-10-8-16-34(36)42)21-23-32-26-31-25-30-22-24-41-44(37-19-11-12-20-40(37)46-41)38(30)27-39(31)45(32,2)3/h4-25,27H,26H2,1-3H3/b28-21+,32-23+. The molecule has 1 aromatic heterocycles. The Labute approximate surface area is 269 Å². The van der Waals surface area contributed by atoms with Gasteiger partial charge in [-0.15, -0.1) is 0 Å². The molecule has 0 amide bonds. The fraction of sp³-hybridized carbons (Fsp3) is 0.111. The van der Waals surface area contributed by atoms with Gasteiger partial charge in [-0.25, -0.2) is 0 Å². The first-order chi connectivity index (χ1) is 22.5. The Kier molecular flexibility index (Phi) is 5.89. The highest BCUT2D eigenvalue weighted by atomic mass is 16.3. The highest BCUT2D eigenvalue weighted by molar-refractivity contribution is 6.20. The van der Waals surface area contributed by atoms with Gasteiger partial charge in [-0.05, 0) is 97.3 Å². The molecule has 0 fully saturated rings. The van der Waals surface area contributed by atoms with Gasteiger partial charge in [-0.2, -0.15) is 0 Å². The van der Waals surface area contributed by atoms with Crippen LogP contribution >= 0.6 is 0 Å². The molecule has 0 N–H and O–H groups in total. The summed E-state index contributed by atoms with van der Waals surface area (Å²) < 4.78 is 6.23. The van der Waals surface area contributed by atoms with Crippen molar-refractivity contribution in [3.8, 4) is 11.1 Å². The molecule has 1 heterocycles. The molecule has 0 atom stereocenters. The van der Waals surface area contributed by atoms with E-state index in [4.69, 9.17) is 4.42 Å². The van der Waals surface area contributed by atoms with E-state index in [2.05, 4.69) is 154 Å². The lowest BCUT2D eigenvalue weighted by atomic mass is 9.81. The first-order valence-electron chi connectivity index (χ1n) is 16.2. The minimum absolute atomic E-state index is 0.0800. The maximum atomic E-state index is 6.23. The monoisotopic (exact) mass is 590 g/mol. The lowest BCUT2D eigenvalue weighted by Crippen LogP contribution is -2.15. The van der Waals surface area contributed by atoms with E-state index in [0.29, 0.717) is 0 Å². The van der Waals surface area contributed by atoms with Crippen LogP contribution in [-0.4, -0.2) is 0 Å². The van der Waals surface area contributed by atoms with Gasteiger partial charge in [0.2, 0.25) is 0 Å². The summed E-state index contributed by atoms with van der Waals surface area (Å²) >= 11 is 0. The van der Waals surface area contributed by atoms with Crippen molar-refractivity contribution in [1.29, 1.82) is 0 Å². The molecule has 1 aliphatic carbocycles. The lowest BCUT2D eigenvalue weighted by molar-refractivity contribution is 0.645. The minimum Gasteiger partial charge on any atom is -0.456 e. The highest BCUT2D eigenvalue weighted by Crippen LogP contribution is 2.47. The molecule has 1 heteroatoms. The van der Waals surface area contributed by atoms with Gasteiger partial charge >= 0.3 is 0 Å². The molecule has 0 aliphatic heterocycles. The maximum Gasteiger partial charge on any atom is 0.136 e. The van der Waals surface area contributed by atoms with Crippen molar-refractivity contribution in [1.82, 2.24) is 0 Å². The zero-order valence-electron chi connectivity index (χ0n) is 26.4. The molecule has 0 bridgehead atoms. The molecule has 1 nitrogen and oxygen atoms in total. The maximum absolute atomic E-state index is 6.23. The Morgan fingerprint density at radius 1 is 0.630 bits per heavy atom. The Morgan fingerprint density at radius 2 is 1.26 bits per heavy atom. The number of para-hydroxylation sites is 1. The van der Waals surface area contributed by atoms with Crippen molar-refractivity contribution < 1.29 is 4.42 Å². The molecule has 46 heavy (non-hydrogen) atoms. The van der Waals surface area contributed by atoms with Crippen LogP contribution in [0.25, 0.3) is 71.0 Å². The van der Waals surface area contributed by atoms with Crippen LogP contribution in [0.15, 0.2) is 150 Å². The van der Waals surface area contributed by atoms with Gasteiger partial charge in [-0.3, -0.25) is 0 Å². The fourth-order valence-electron chi connectivity index (χ4n) is 8.02. The average Bonchev–Trinajstić information content (AvgIpc) is 3.59. The van der Waals surface area contributed by atoms with Gasteiger partial charge in [0.15, 0.2) is 0 Å². The molecule has 9 rings (SSSR count). The number of furan rings is 1. The van der Waals surface area contributed by atoms with Gasteiger partial charge in [-0.1, -0.05) is 141 Å². The molecule has 1 aliphatic rings. The van der Waals surface area contributed by atoms with Crippen LogP contribution in [0.5, 0.6) is 0 Å². The predicted octanol–water partition coefficient (Wildman–Crippen LogP) is 12.6. The van der Waals surface area contributed by atoms with Crippen molar-refractivity contribution in [2.75, 3.05) is 0 Å². The van der Waals surface area contributed by atoms with Gasteiger partial charge in [0.1, 0.15) is 11.2 Å². The zero-order chi connectivity index (χ0) is 31.0. The Morgan fingerprint density at radius 3 is 1.98 bits per heavy atom. The van der Waals surface area contributed by atoms with E-state index >= 15 is 0 Å². The summed E-state index contributed by atoms with van der Waals surface area (Å²) in [5.41, 5.74) is 11.3. The van der Waals surface area contributed by atoms with Crippen LogP contribution in [0.1, 0.15) is 37.5 Å². The molecular formula is C45H34O. The third kappa shape index (κ3) is 3.95. The number of fused-ring (bicyclic) bond motifs is 8. The van der Waals surface area contributed by atoms with Gasteiger partial charge in [0.25, 0.3) is 0 Å². The molecule has 0 unspecified atom stereocenters. The molecule has 0 saturated carbocycles. The van der Waals surface area contributed by atoms with Crippen LogP contribution in [0.3, 0.4) is 0 Å². The molecule has 0 spiro atoms. The minimum atomic E-state index is -0.0800. The Balaban J connectivity index is 1.19. The highest BCUT2D eigenvalue weighted by Gasteiger charge is 2.34. The van der Waals surface area contributed by atoms with Crippen LogP contribution in [0.4, 0.5) is 0 Å². The zero-order valence-corrected chi connectivity index (χ0v) is 26.4. The van der Waals surface area contributed by atoms with E-state index in [1.807, 2.05) is 6.07 Å². The molecule has 220 valence electrons. The quantitative estimate of drug-likeness (QED) is 0.187. The largest absolute Gasteiger partial charge is 0.456 e. The second-order valence-electron chi connectivity index (χ2n) is 13.3. The molecule has 7 aromatic carbocycles. The van der Waals surface area contributed by atoms with Crippen molar-refractivity contribution in [3.05, 3.63) is 162 Å². The normalized spacial score (nSPS) is 15.5. The van der Waals surface area contributed by atoms with E-state index in [1.54, 1.807) is 0 Å². The van der Waals surface area contributed by atoms with E-state index in [-0.39, 0.29) is 5.41 Å².